The summed E-state index contributed by atoms with van der Waals surface area (Å²) in [6.07, 6.45) is 1.54. The molecule has 0 aliphatic rings. The number of nitrogens with one attached hydrogen (secondary N) is 1. The maximum Gasteiger partial charge on any atom is 0.337 e. The molecule has 0 saturated heterocycles. The smallest absolute Gasteiger partial charge is 0.337 e. The first-order valence-corrected chi connectivity index (χ1v) is 9.76. The monoisotopic (exact) mass is 361 g/mol. The second kappa shape index (κ2) is 8.78. The standard InChI is InChI=1S/C19H23NO4S/c1-15(8-9-16-6-4-3-5-7-16)20-25(22,23)14-17-10-12-18(13-11-17)19(21)24-2/h3-7,10-13,15,20H,8-9,14H2,1-2H3/t15-/m0/s1. The predicted octanol–water partition coefficient (Wildman–Crippen LogP) is 2.91. The average molecular weight is 361 g/mol. The summed E-state index contributed by atoms with van der Waals surface area (Å²) in [4.78, 5) is 11.4. The van der Waals surface area contributed by atoms with Gasteiger partial charge in [-0.05, 0) is 43.0 Å². The Kier molecular flexibility index (Phi) is 6.73. The summed E-state index contributed by atoms with van der Waals surface area (Å²) < 4.78 is 31.9. The van der Waals surface area contributed by atoms with Gasteiger partial charge in [0.15, 0.2) is 0 Å². The molecular weight excluding hydrogens is 338 g/mol. The Morgan fingerprint density at radius 1 is 1.04 bits per heavy atom. The minimum Gasteiger partial charge on any atom is -0.465 e. The fourth-order valence-corrected chi connectivity index (χ4v) is 3.95. The van der Waals surface area contributed by atoms with E-state index in [1.807, 2.05) is 37.3 Å². The molecule has 6 heteroatoms. The van der Waals surface area contributed by atoms with Gasteiger partial charge in [-0.25, -0.2) is 17.9 Å². The second-order valence-electron chi connectivity index (χ2n) is 5.99. The molecular formula is C19H23NO4S. The third kappa shape index (κ3) is 6.32. The molecule has 2 aromatic carbocycles. The molecule has 0 fully saturated rings. The van der Waals surface area contributed by atoms with Gasteiger partial charge in [0.25, 0.3) is 0 Å². The van der Waals surface area contributed by atoms with E-state index in [0.717, 1.165) is 12.8 Å². The summed E-state index contributed by atoms with van der Waals surface area (Å²) in [5, 5.41) is 0. The molecule has 0 aromatic heterocycles. The molecule has 0 aliphatic carbocycles. The lowest BCUT2D eigenvalue weighted by atomic mass is 10.1. The number of carbonyl (C=O) groups excluding carboxylic acids is 1. The van der Waals surface area contributed by atoms with E-state index >= 15 is 0 Å². The van der Waals surface area contributed by atoms with Crippen LogP contribution in [-0.2, 0) is 26.9 Å². The van der Waals surface area contributed by atoms with Crippen molar-refractivity contribution in [2.24, 2.45) is 0 Å². The van der Waals surface area contributed by atoms with Gasteiger partial charge in [0.2, 0.25) is 10.0 Å². The lowest BCUT2D eigenvalue weighted by Crippen LogP contribution is -2.33. The van der Waals surface area contributed by atoms with Crippen LogP contribution in [0, 0.1) is 0 Å². The van der Waals surface area contributed by atoms with Crippen LogP contribution in [0.15, 0.2) is 54.6 Å². The van der Waals surface area contributed by atoms with Crippen molar-refractivity contribution >= 4 is 16.0 Å². The average Bonchev–Trinajstić information content (AvgIpc) is 2.60. The van der Waals surface area contributed by atoms with Gasteiger partial charge < -0.3 is 4.74 Å². The maximum absolute atomic E-state index is 12.3. The molecule has 5 nitrogen and oxygen atoms in total. The van der Waals surface area contributed by atoms with Gasteiger partial charge in [-0.3, -0.25) is 0 Å². The first-order chi connectivity index (χ1) is 11.9. The summed E-state index contributed by atoms with van der Waals surface area (Å²) in [5.74, 6) is -0.563. The fourth-order valence-electron chi connectivity index (χ4n) is 2.51. The Labute approximate surface area is 149 Å². The van der Waals surface area contributed by atoms with Crippen molar-refractivity contribution in [2.45, 2.75) is 31.6 Å². The van der Waals surface area contributed by atoms with Crippen molar-refractivity contribution in [2.75, 3.05) is 7.11 Å². The molecule has 1 atom stereocenters. The quantitative estimate of drug-likeness (QED) is 0.734. The van der Waals surface area contributed by atoms with Crippen LogP contribution in [0.1, 0.15) is 34.8 Å². The number of esters is 1. The molecule has 134 valence electrons. The lowest BCUT2D eigenvalue weighted by Gasteiger charge is -2.14. The van der Waals surface area contributed by atoms with Crippen LogP contribution in [0.5, 0.6) is 0 Å². The normalized spacial score (nSPS) is 12.6. The van der Waals surface area contributed by atoms with Gasteiger partial charge in [0.1, 0.15) is 0 Å². The summed E-state index contributed by atoms with van der Waals surface area (Å²) in [6.45, 7) is 1.86. The largest absolute Gasteiger partial charge is 0.465 e. The second-order valence-corrected chi connectivity index (χ2v) is 7.74. The van der Waals surface area contributed by atoms with E-state index < -0.39 is 16.0 Å². The van der Waals surface area contributed by atoms with Gasteiger partial charge >= 0.3 is 5.97 Å². The molecule has 0 amide bonds. The molecule has 0 radical (unpaired) electrons. The van der Waals surface area contributed by atoms with Crippen molar-refractivity contribution in [3.05, 3.63) is 71.3 Å². The predicted molar refractivity (Wildman–Crippen MR) is 97.8 cm³/mol. The molecule has 0 saturated carbocycles. The number of methoxy groups -OCH3 is 1. The number of sulfonamides is 1. The fraction of sp³-hybridized carbons (Fsp3) is 0.316. The Morgan fingerprint density at radius 2 is 1.68 bits per heavy atom. The van der Waals surface area contributed by atoms with Crippen LogP contribution in [0.25, 0.3) is 0 Å². The molecule has 0 heterocycles. The summed E-state index contributed by atoms with van der Waals surface area (Å²) in [5.41, 5.74) is 2.20. The number of aryl methyl sites for hydroxylation is 1. The van der Waals surface area contributed by atoms with Gasteiger partial charge in [0.05, 0.1) is 18.4 Å². The Bertz CT molecular complexity index is 786. The first-order valence-electron chi connectivity index (χ1n) is 8.11. The molecule has 1 N–H and O–H groups in total. The highest BCUT2D eigenvalue weighted by atomic mass is 32.2. The van der Waals surface area contributed by atoms with Crippen molar-refractivity contribution in [3.63, 3.8) is 0 Å². The molecule has 0 aliphatic heterocycles. The Balaban J connectivity index is 1.89. The van der Waals surface area contributed by atoms with Gasteiger partial charge in [-0.2, -0.15) is 0 Å². The van der Waals surface area contributed by atoms with E-state index in [-0.39, 0.29) is 11.8 Å². The van der Waals surface area contributed by atoms with E-state index in [9.17, 15) is 13.2 Å². The van der Waals surface area contributed by atoms with Crippen LogP contribution in [0.2, 0.25) is 0 Å². The van der Waals surface area contributed by atoms with Crippen LogP contribution >= 0.6 is 0 Å². The molecule has 0 bridgehead atoms. The van der Waals surface area contributed by atoms with E-state index in [0.29, 0.717) is 11.1 Å². The SMILES string of the molecule is COC(=O)c1ccc(CS(=O)(=O)N[C@@H](C)CCc2ccccc2)cc1. The van der Waals surface area contributed by atoms with Crippen molar-refractivity contribution < 1.29 is 17.9 Å². The number of ether oxygens (including phenoxy) is 1. The number of rotatable bonds is 8. The molecule has 0 spiro atoms. The number of hydrogen-bond donors (Lipinski definition) is 1. The van der Waals surface area contributed by atoms with Gasteiger partial charge in [0, 0.05) is 6.04 Å². The minimum absolute atomic E-state index is 0.121. The van der Waals surface area contributed by atoms with E-state index in [4.69, 9.17) is 0 Å². The molecule has 2 aromatic rings. The number of benzene rings is 2. The van der Waals surface area contributed by atoms with E-state index in [1.165, 1.54) is 12.7 Å². The number of hydrogen-bond acceptors (Lipinski definition) is 4. The maximum atomic E-state index is 12.3. The highest BCUT2D eigenvalue weighted by molar-refractivity contribution is 7.88. The third-order valence-corrected chi connectivity index (χ3v) is 5.30. The zero-order valence-corrected chi connectivity index (χ0v) is 15.3. The van der Waals surface area contributed by atoms with E-state index in [1.54, 1.807) is 24.3 Å². The van der Waals surface area contributed by atoms with Crippen molar-refractivity contribution in [1.29, 1.82) is 0 Å². The topological polar surface area (TPSA) is 72.5 Å². The van der Waals surface area contributed by atoms with Gasteiger partial charge in [-0.1, -0.05) is 42.5 Å². The highest BCUT2D eigenvalue weighted by Gasteiger charge is 2.16. The zero-order valence-electron chi connectivity index (χ0n) is 14.4. The number of carbonyl (C=O) groups is 1. The third-order valence-electron chi connectivity index (χ3n) is 3.82. The molecule has 2 rings (SSSR count). The Morgan fingerprint density at radius 3 is 2.28 bits per heavy atom. The summed E-state index contributed by atoms with van der Waals surface area (Å²) in [6, 6.07) is 16.2. The van der Waals surface area contributed by atoms with Crippen LogP contribution < -0.4 is 4.72 Å². The Hall–Kier alpha value is -2.18. The van der Waals surface area contributed by atoms with E-state index in [2.05, 4.69) is 9.46 Å². The first kappa shape index (κ1) is 19.1. The van der Waals surface area contributed by atoms with Crippen molar-refractivity contribution in [1.82, 2.24) is 4.72 Å². The highest BCUT2D eigenvalue weighted by Crippen LogP contribution is 2.11. The van der Waals surface area contributed by atoms with Gasteiger partial charge in [-0.15, -0.1) is 0 Å². The molecule has 0 unspecified atom stereocenters. The minimum atomic E-state index is -3.44. The van der Waals surface area contributed by atoms with Crippen molar-refractivity contribution in [3.8, 4) is 0 Å². The van der Waals surface area contributed by atoms with Crippen LogP contribution in [0.3, 0.4) is 0 Å². The summed E-state index contributed by atoms with van der Waals surface area (Å²) >= 11 is 0. The summed E-state index contributed by atoms with van der Waals surface area (Å²) in [7, 11) is -2.14. The van der Waals surface area contributed by atoms with Crippen LogP contribution in [0.4, 0.5) is 0 Å². The molecule has 25 heavy (non-hydrogen) atoms. The zero-order chi connectivity index (χ0) is 18.3. The lowest BCUT2D eigenvalue weighted by molar-refractivity contribution is 0.0600. The van der Waals surface area contributed by atoms with Crippen LogP contribution in [-0.4, -0.2) is 27.5 Å².